The Morgan fingerprint density at radius 3 is 2.15 bits per heavy atom. The van der Waals surface area contributed by atoms with E-state index in [4.69, 9.17) is 9.72 Å². The van der Waals surface area contributed by atoms with Crippen molar-refractivity contribution in [1.82, 2.24) is 25.8 Å². The number of hydrogen-bond donors (Lipinski definition) is 4. The monoisotopic (exact) mass is 931 g/mol. The molecule has 4 heterocycles. The molecule has 6 rings (SSSR count). The van der Waals surface area contributed by atoms with Gasteiger partial charge < -0.3 is 25.6 Å². The molecule has 0 saturated carbocycles. The highest BCUT2D eigenvalue weighted by Gasteiger charge is 2.45. The number of hydrogen-bond acceptors (Lipinski definition) is 13. The summed E-state index contributed by atoms with van der Waals surface area (Å²) in [7, 11) is 0. The molecule has 2 saturated heterocycles. The maximum absolute atomic E-state index is 13.9. The van der Waals surface area contributed by atoms with Crippen LogP contribution in [0.2, 0.25) is 0 Å². The molecule has 17 heteroatoms. The third-order valence-corrected chi connectivity index (χ3v) is 13.3. The number of anilines is 2. The van der Waals surface area contributed by atoms with Crippen LogP contribution < -0.4 is 26.2 Å². The number of piperidine rings is 2. The van der Waals surface area contributed by atoms with Gasteiger partial charge in [0.05, 0.1) is 22.3 Å². The molecule has 3 aromatic rings. The Balaban J connectivity index is 0.950. The first-order valence-corrected chi connectivity index (χ1v) is 24.3. The Hall–Kier alpha value is -6.46. The van der Waals surface area contributed by atoms with E-state index in [2.05, 4.69) is 33.4 Å². The standard InChI is InChI=1S/C50H61N9O7S/c1-5-34-36(30-51)43(58-28-24-33(25-29-58)55-49(65)66-50(2,3)4)57-46(37(34)31-52)67-42(32-18-13-12-14-19-32)45(62)54-27-16-11-9-7-6-8-10-15-26-53-38-21-17-20-35-41(38)48(64)59(47(35)63)39-22-23-40(60)56-44(39)61/h12-14,17-21,33,39,42,53H,5-11,15-16,22-29H2,1-4H3,(H,54,62)(H,55,65)(H,56,60,61). The number of carbonyl (C=O) groups excluding carboxylic acids is 6. The number of nitriles is 2. The van der Waals surface area contributed by atoms with E-state index < -0.39 is 46.6 Å². The second kappa shape index (κ2) is 23.3. The zero-order valence-electron chi connectivity index (χ0n) is 38.9. The minimum Gasteiger partial charge on any atom is -0.444 e. The van der Waals surface area contributed by atoms with Gasteiger partial charge in [0, 0.05) is 44.3 Å². The van der Waals surface area contributed by atoms with E-state index in [0.717, 1.165) is 61.8 Å². The summed E-state index contributed by atoms with van der Waals surface area (Å²) in [5, 5.41) is 32.1. The van der Waals surface area contributed by atoms with E-state index in [-0.39, 0.29) is 35.9 Å². The van der Waals surface area contributed by atoms with Crippen LogP contribution in [0, 0.1) is 22.7 Å². The van der Waals surface area contributed by atoms with Crippen LogP contribution in [0.1, 0.15) is 153 Å². The fourth-order valence-electron chi connectivity index (χ4n) is 8.72. The number of nitrogens with zero attached hydrogens (tertiary/aromatic N) is 5. The Morgan fingerprint density at radius 2 is 1.52 bits per heavy atom. The van der Waals surface area contributed by atoms with Crippen LogP contribution in [0.5, 0.6) is 0 Å². The predicted molar refractivity (Wildman–Crippen MR) is 254 cm³/mol. The quantitative estimate of drug-likeness (QED) is 0.0491. The van der Waals surface area contributed by atoms with Gasteiger partial charge in [0.1, 0.15) is 39.9 Å². The van der Waals surface area contributed by atoms with Crippen LogP contribution in [-0.4, -0.2) is 89.4 Å². The lowest BCUT2D eigenvalue weighted by Gasteiger charge is -2.34. The van der Waals surface area contributed by atoms with Crippen molar-refractivity contribution in [1.29, 1.82) is 10.5 Å². The van der Waals surface area contributed by atoms with Gasteiger partial charge in [-0.2, -0.15) is 10.5 Å². The van der Waals surface area contributed by atoms with Crippen molar-refractivity contribution < 1.29 is 33.5 Å². The van der Waals surface area contributed by atoms with Crippen molar-refractivity contribution in [3.63, 3.8) is 0 Å². The molecule has 6 amide bonds. The van der Waals surface area contributed by atoms with Crippen LogP contribution >= 0.6 is 11.8 Å². The summed E-state index contributed by atoms with van der Waals surface area (Å²) in [6, 6.07) is 18.0. The zero-order valence-corrected chi connectivity index (χ0v) is 39.7. The Labute approximate surface area is 397 Å². The molecular weight excluding hydrogens is 871 g/mol. The summed E-state index contributed by atoms with van der Waals surface area (Å²) in [4.78, 5) is 84.9. The molecule has 4 N–H and O–H groups in total. The maximum Gasteiger partial charge on any atom is 0.407 e. The maximum atomic E-state index is 13.9. The summed E-state index contributed by atoms with van der Waals surface area (Å²) in [5.74, 6) is -1.80. The van der Waals surface area contributed by atoms with Crippen molar-refractivity contribution in [3.05, 3.63) is 81.9 Å². The van der Waals surface area contributed by atoms with Crippen molar-refractivity contribution in [2.24, 2.45) is 0 Å². The number of aromatic nitrogens is 1. The molecule has 3 aliphatic heterocycles. The number of benzene rings is 2. The van der Waals surface area contributed by atoms with E-state index in [1.165, 1.54) is 11.8 Å². The van der Waals surface area contributed by atoms with Crippen molar-refractivity contribution >= 4 is 58.9 Å². The number of imide groups is 2. The normalized spacial score (nSPS) is 16.7. The van der Waals surface area contributed by atoms with E-state index >= 15 is 0 Å². The van der Waals surface area contributed by atoms with Crippen LogP contribution in [-0.2, 0) is 25.5 Å². The average Bonchev–Trinajstić information content (AvgIpc) is 3.56. The Bertz CT molecular complexity index is 2400. The molecule has 1 aromatic heterocycles. The number of amides is 6. The molecule has 0 radical (unpaired) electrons. The molecule has 0 aliphatic carbocycles. The zero-order chi connectivity index (χ0) is 48.1. The molecule has 67 heavy (non-hydrogen) atoms. The summed E-state index contributed by atoms with van der Waals surface area (Å²) >= 11 is 1.22. The molecule has 0 bridgehead atoms. The van der Waals surface area contributed by atoms with Gasteiger partial charge in [-0.05, 0) is 82.6 Å². The Morgan fingerprint density at radius 1 is 0.866 bits per heavy atom. The number of thioether (sulfide) groups is 1. The van der Waals surface area contributed by atoms with E-state index in [0.29, 0.717) is 78.7 Å². The highest BCUT2D eigenvalue weighted by atomic mass is 32.2. The van der Waals surface area contributed by atoms with E-state index in [1.807, 2.05) is 62.9 Å². The fourth-order valence-corrected chi connectivity index (χ4v) is 9.85. The summed E-state index contributed by atoms with van der Waals surface area (Å²) < 4.78 is 5.44. The minimum absolute atomic E-state index is 0.0690. The van der Waals surface area contributed by atoms with Crippen LogP contribution in [0.25, 0.3) is 0 Å². The number of alkyl carbamates (subject to hydrolysis) is 1. The van der Waals surface area contributed by atoms with E-state index in [1.54, 1.807) is 18.2 Å². The molecule has 354 valence electrons. The second-order valence-electron chi connectivity index (χ2n) is 18.1. The van der Waals surface area contributed by atoms with Crippen molar-refractivity contribution in [2.45, 2.75) is 139 Å². The number of fused-ring (bicyclic) bond motifs is 1. The number of carbonyl (C=O) groups is 6. The smallest absolute Gasteiger partial charge is 0.407 e. The first-order valence-electron chi connectivity index (χ1n) is 23.4. The first-order chi connectivity index (χ1) is 32.2. The van der Waals surface area contributed by atoms with Gasteiger partial charge in [-0.1, -0.05) is 93.6 Å². The van der Waals surface area contributed by atoms with Crippen LogP contribution in [0.15, 0.2) is 53.6 Å². The number of pyridine rings is 1. The van der Waals surface area contributed by atoms with Gasteiger partial charge in [-0.3, -0.25) is 34.2 Å². The van der Waals surface area contributed by atoms with Crippen LogP contribution in [0.4, 0.5) is 16.3 Å². The Kier molecular flexibility index (Phi) is 17.4. The van der Waals surface area contributed by atoms with Gasteiger partial charge in [0.15, 0.2) is 0 Å². The lowest BCUT2D eigenvalue weighted by molar-refractivity contribution is -0.136. The SMILES string of the molecule is CCc1c(C#N)c(SC(C(=O)NCCCCCCCCCCNc2cccc3c2C(=O)N(C2CCC(=O)NC2=O)C3=O)c2ccccc2)nc(N2CCC(NC(=O)OC(C)(C)C)CC2)c1C#N. The largest absolute Gasteiger partial charge is 0.444 e. The van der Waals surface area contributed by atoms with Gasteiger partial charge >= 0.3 is 6.09 Å². The molecular formula is C50H61N9O7S. The molecule has 2 unspecified atom stereocenters. The van der Waals surface area contributed by atoms with Gasteiger partial charge in [0.25, 0.3) is 11.8 Å². The average molecular weight is 932 g/mol. The molecule has 2 atom stereocenters. The number of rotatable bonds is 20. The summed E-state index contributed by atoms with van der Waals surface area (Å²) in [6.07, 6.45) is 9.20. The summed E-state index contributed by atoms with van der Waals surface area (Å²) in [5.41, 5.74) is 2.49. The van der Waals surface area contributed by atoms with Gasteiger partial charge in [-0.15, -0.1) is 0 Å². The summed E-state index contributed by atoms with van der Waals surface area (Å²) in [6.45, 7) is 9.54. The predicted octanol–water partition coefficient (Wildman–Crippen LogP) is 7.46. The molecule has 2 fully saturated rings. The number of nitrogens with one attached hydrogen (secondary N) is 4. The molecule has 2 aromatic carbocycles. The van der Waals surface area contributed by atoms with Crippen LogP contribution in [0.3, 0.4) is 0 Å². The molecule has 16 nitrogen and oxygen atoms in total. The number of unbranched alkanes of at least 4 members (excludes halogenated alkanes) is 7. The molecule has 3 aliphatic rings. The molecule has 0 spiro atoms. The topological polar surface area (TPSA) is 227 Å². The third-order valence-electron chi connectivity index (χ3n) is 12.1. The lowest BCUT2D eigenvalue weighted by Crippen LogP contribution is -2.54. The second-order valence-corrected chi connectivity index (χ2v) is 19.2. The minimum atomic E-state index is -1.00. The fraction of sp³-hybridized carbons (Fsp3) is 0.500. The van der Waals surface area contributed by atoms with Crippen molar-refractivity contribution in [3.8, 4) is 12.1 Å². The number of ether oxygens (including phenoxy) is 1. The van der Waals surface area contributed by atoms with E-state index in [9.17, 15) is 39.3 Å². The highest BCUT2D eigenvalue weighted by molar-refractivity contribution is 8.00. The first kappa shape index (κ1) is 50.0. The van der Waals surface area contributed by atoms with Crippen molar-refractivity contribution in [2.75, 3.05) is 36.4 Å². The highest BCUT2D eigenvalue weighted by Crippen LogP contribution is 2.40. The van der Waals surface area contributed by atoms with Gasteiger partial charge in [-0.25, -0.2) is 9.78 Å². The lowest BCUT2D eigenvalue weighted by atomic mass is 10.00. The van der Waals surface area contributed by atoms with Gasteiger partial charge in [0.2, 0.25) is 17.7 Å². The third kappa shape index (κ3) is 12.7.